The summed E-state index contributed by atoms with van der Waals surface area (Å²) >= 11 is 0. The van der Waals surface area contributed by atoms with Crippen molar-refractivity contribution in [3.05, 3.63) is 29.3 Å². The van der Waals surface area contributed by atoms with Crippen molar-refractivity contribution in [3.8, 4) is 5.75 Å². The first-order valence-electron chi connectivity index (χ1n) is 8.40. The zero-order chi connectivity index (χ0) is 15.7. The van der Waals surface area contributed by atoms with Crippen LogP contribution in [0.1, 0.15) is 49.7 Å². The smallest absolute Gasteiger partial charge is 0.115 e. The zero-order valence-corrected chi connectivity index (χ0v) is 14.5. The van der Waals surface area contributed by atoms with E-state index in [-0.39, 0.29) is 5.41 Å². The van der Waals surface area contributed by atoms with Crippen molar-refractivity contribution in [1.29, 1.82) is 0 Å². The molecular formula is C18H25O3Si. The maximum absolute atomic E-state index is 10.7. The first-order chi connectivity index (χ1) is 10.3. The number of aromatic hydroxyl groups is 1. The van der Waals surface area contributed by atoms with Crippen LogP contribution in [-0.2, 0) is 6.42 Å². The Morgan fingerprint density at radius 1 is 1.27 bits per heavy atom. The van der Waals surface area contributed by atoms with Crippen molar-refractivity contribution < 1.29 is 15.3 Å². The Bertz CT molecular complexity index is 614. The van der Waals surface area contributed by atoms with Gasteiger partial charge in [0.2, 0.25) is 0 Å². The molecule has 2 saturated carbocycles. The first kappa shape index (κ1) is 14.7. The molecule has 3 unspecified atom stereocenters. The van der Waals surface area contributed by atoms with Crippen LogP contribution in [0.2, 0.25) is 0 Å². The van der Waals surface area contributed by atoms with Crippen molar-refractivity contribution in [2.45, 2.75) is 56.3 Å². The van der Waals surface area contributed by atoms with Crippen molar-refractivity contribution in [2.24, 2.45) is 17.3 Å². The fraction of sp³-hybridized carbons (Fsp3) is 0.667. The lowest BCUT2D eigenvalue weighted by molar-refractivity contribution is -0.0642. The minimum atomic E-state index is -0.927. The third kappa shape index (κ3) is 1.87. The van der Waals surface area contributed by atoms with Crippen LogP contribution >= 0.6 is 0 Å². The molecule has 4 heteroatoms. The van der Waals surface area contributed by atoms with Crippen LogP contribution < -0.4 is 0 Å². The van der Waals surface area contributed by atoms with Crippen molar-refractivity contribution in [1.82, 2.24) is 0 Å². The summed E-state index contributed by atoms with van der Waals surface area (Å²) in [6.45, 7) is 2.18. The van der Waals surface area contributed by atoms with Crippen molar-refractivity contribution >= 4 is 10.2 Å². The highest BCUT2D eigenvalue weighted by Gasteiger charge is 2.61. The van der Waals surface area contributed by atoms with Gasteiger partial charge in [0.15, 0.2) is 0 Å². The van der Waals surface area contributed by atoms with Gasteiger partial charge in [-0.3, -0.25) is 0 Å². The van der Waals surface area contributed by atoms with Gasteiger partial charge in [0.25, 0.3) is 0 Å². The fourth-order valence-electron chi connectivity index (χ4n) is 5.75. The Morgan fingerprint density at radius 3 is 2.82 bits per heavy atom. The molecule has 3 aliphatic carbocycles. The third-order valence-corrected chi connectivity index (χ3v) is 7.53. The molecule has 1 aromatic carbocycles. The molecule has 0 amide bonds. The van der Waals surface area contributed by atoms with Crippen molar-refractivity contribution in [2.75, 3.05) is 0 Å². The Hall–Kier alpha value is -0.843. The minimum absolute atomic E-state index is 0.147. The van der Waals surface area contributed by atoms with Gasteiger partial charge in [0, 0.05) is 0 Å². The average Bonchev–Trinajstić information content (AvgIpc) is 2.66. The molecule has 1 aromatic rings. The predicted octanol–water partition coefficient (Wildman–Crippen LogP) is 1.54. The SMILES string of the molecule is C[C@]12CCC3c4ccc(O)cc4CCC3C1C[C@@](O)([SiH2])[C@@H]2O. The number of rotatable bonds is 0. The molecule has 0 saturated heterocycles. The Morgan fingerprint density at radius 2 is 2.05 bits per heavy atom. The number of fused-ring (bicyclic) bond motifs is 5. The summed E-state index contributed by atoms with van der Waals surface area (Å²) in [6, 6.07) is 5.81. The molecule has 119 valence electrons. The van der Waals surface area contributed by atoms with Gasteiger partial charge < -0.3 is 15.3 Å². The molecule has 0 bridgehead atoms. The molecule has 0 spiro atoms. The summed E-state index contributed by atoms with van der Waals surface area (Å²) < 4.78 is 0. The quantitative estimate of drug-likeness (QED) is 0.636. The van der Waals surface area contributed by atoms with Crippen LogP contribution in [-0.4, -0.2) is 36.9 Å². The highest BCUT2D eigenvalue weighted by atomic mass is 28.1. The van der Waals surface area contributed by atoms with Gasteiger partial charge in [-0.1, -0.05) is 13.0 Å². The van der Waals surface area contributed by atoms with Crippen LogP contribution in [0.15, 0.2) is 18.2 Å². The van der Waals surface area contributed by atoms with E-state index in [2.05, 4.69) is 13.0 Å². The fourth-order valence-corrected chi connectivity index (χ4v) is 6.52. The lowest BCUT2D eigenvalue weighted by Crippen LogP contribution is -2.47. The number of aryl methyl sites for hydroxylation is 1. The van der Waals surface area contributed by atoms with Gasteiger partial charge in [0.1, 0.15) is 5.75 Å². The van der Waals surface area contributed by atoms with Gasteiger partial charge >= 0.3 is 0 Å². The summed E-state index contributed by atoms with van der Waals surface area (Å²) in [4.78, 5) is 0. The van der Waals surface area contributed by atoms with E-state index in [0.717, 1.165) is 32.1 Å². The predicted molar refractivity (Wildman–Crippen MR) is 87.6 cm³/mol. The van der Waals surface area contributed by atoms with E-state index in [4.69, 9.17) is 0 Å². The second-order valence-electron chi connectivity index (χ2n) is 8.05. The van der Waals surface area contributed by atoms with Gasteiger partial charge in [-0.25, -0.2) is 0 Å². The molecule has 3 aliphatic rings. The largest absolute Gasteiger partial charge is 0.508 e. The molecule has 3 N–H and O–H groups in total. The molecule has 3 nitrogen and oxygen atoms in total. The number of benzene rings is 1. The van der Waals surface area contributed by atoms with E-state index < -0.39 is 11.3 Å². The molecule has 0 heterocycles. The maximum atomic E-state index is 10.7. The van der Waals surface area contributed by atoms with Crippen LogP contribution in [0.5, 0.6) is 5.75 Å². The molecule has 1 radical (unpaired) electrons. The molecule has 0 aliphatic heterocycles. The highest BCUT2D eigenvalue weighted by molar-refractivity contribution is 6.15. The van der Waals surface area contributed by atoms with Crippen LogP contribution in [0.25, 0.3) is 0 Å². The summed E-state index contributed by atoms with van der Waals surface area (Å²) in [5.41, 5.74) is 2.53. The van der Waals surface area contributed by atoms with Gasteiger partial charge in [-0.2, -0.15) is 0 Å². The number of phenols is 1. The summed E-state index contributed by atoms with van der Waals surface area (Å²) in [5, 5.41) is 30.1. The third-order valence-electron chi connectivity index (χ3n) is 6.85. The Labute approximate surface area is 134 Å². The normalized spacial score (nSPS) is 46.7. The molecule has 0 aromatic heterocycles. The molecular weight excluding hydrogens is 292 g/mol. The van der Waals surface area contributed by atoms with Gasteiger partial charge in [-0.15, -0.1) is 0 Å². The number of aliphatic hydroxyl groups is 2. The van der Waals surface area contributed by atoms with E-state index in [9.17, 15) is 15.3 Å². The summed E-state index contributed by atoms with van der Waals surface area (Å²) in [6.07, 6.45) is 4.26. The topological polar surface area (TPSA) is 60.7 Å². The van der Waals surface area contributed by atoms with E-state index in [1.54, 1.807) is 16.3 Å². The minimum Gasteiger partial charge on any atom is -0.508 e. The van der Waals surface area contributed by atoms with E-state index >= 15 is 0 Å². The van der Waals surface area contributed by atoms with E-state index in [1.165, 1.54) is 11.1 Å². The first-order valence-corrected chi connectivity index (χ1v) is 9.11. The Kier molecular flexibility index (Phi) is 3.07. The van der Waals surface area contributed by atoms with Crippen molar-refractivity contribution in [3.63, 3.8) is 0 Å². The zero-order valence-electron chi connectivity index (χ0n) is 13.1. The maximum Gasteiger partial charge on any atom is 0.115 e. The number of phenolic OH excluding ortho intramolecular Hbond substituents is 1. The number of hydrogen-bond donors (Lipinski definition) is 3. The lowest BCUT2D eigenvalue weighted by atomic mass is 9.55. The van der Waals surface area contributed by atoms with E-state index in [0.29, 0.717) is 23.5 Å². The molecule has 22 heavy (non-hydrogen) atoms. The van der Waals surface area contributed by atoms with Crippen LogP contribution in [0, 0.1) is 17.3 Å². The Balaban J connectivity index is 1.72. The number of aliphatic hydroxyl groups excluding tert-OH is 1. The second-order valence-corrected chi connectivity index (χ2v) is 9.28. The van der Waals surface area contributed by atoms with E-state index in [1.807, 2.05) is 6.07 Å². The lowest BCUT2D eigenvalue weighted by Gasteiger charge is -2.50. The second kappa shape index (κ2) is 4.59. The summed E-state index contributed by atoms with van der Waals surface area (Å²) in [7, 11) is 1.56. The molecule has 2 fully saturated rings. The molecule has 4 rings (SSSR count). The highest BCUT2D eigenvalue weighted by Crippen LogP contribution is 2.62. The standard InChI is InChI=1S/C18H25O3Si/c1-17-7-6-13-12-5-3-11(19)8-10(12)2-4-14(13)15(17)9-18(21,22)16(17)20/h3,5,8,13-16,19-21H,2,4,6-7,9,22H2,1H3/t13?,14?,15?,16-,17+,18-/m1/s1. The summed E-state index contributed by atoms with van der Waals surface area (Å²) in [5.74, 6) is 1.82. The van der Waals surface area contributed by atoms with Gasteiger partial charge in [0.05, 0.1) is 21.6 Å². The molecule has 6 atom stereocenters. The van der Waals surface area contributed by atoms with Crippen LogP contribution in [0.4, 0.5) is 0 Å². The average molecular weight is 317 g/mol. The van der Waals surface area contributed by atoms with Gasteiger partial charge in [-0.05, 0) is 78.5 Å². The monoisotopic (exact) mass is 317 g/mol. The van der Waals surface area contributed by atoms with Crippen LogP contribution in [0.3, 0.4) is 0 Å². The number of hydrogen-bond acceptors (Lipinski definition) is 3.